The number of amides is 3. The van der Waals surface area contributed by atoms with Crippen molar-refractivity contribution in [2.75, 3.05) is 25.0 Å². The van der Waals surface area contributed by atoms with Crippen LogP contribution in [-0.2, 0) is 13.1 Å². The zero-order chi connectivity index (χ0) is 54.8. The van der Waals surface area contributed by atoms with Crippen molar-refractivity contribution in [1.29, 1.82) is 0 Å². The number of carbonyl (C=O) groups is 4. The second kappa shape index (κ2) is 22.1. The Morgan fingerprint density at radius 2 is 1.42 bits per heavy atom. The Balaban J connectivity index is 0.963. The highest BCUT2D eigenvalue weighted by Crippen LogP contribution is 2.48. The third-order valence-electron chi connectivity index (χ3n) is 13.3. The number of aromatic carboxylic acids is 1. The number of carbonyl (C=O) groups excluding carboxylic acids is 3. The van der Waals surface area contributed by atoms with Crippen LogP contribution in [0.25, 0.3) is 66.8 Å². The number of halogens is 2. The highest BCUT2D eigenvalue weighted by atomic mass is 35.5. The normalized spacial score (nSPS) is 11.5. The molecule has 2 aliphatic carbocycles. The maximum absolute atomic E-state index is 13.9. The molecule has 0 saturated heterocycles. The van der Waals surface area contributed by atoms with Crippen LogP contribution in [0.3, 0.4) is 0 Å². The molecule has 0 unspecified atom stereocenters. The first-order valence-electron chi connectivity index (χ1n) is 24.7. The van der Waals surface area contributed by atoms with Gasteiger partial charge in [0.1, 0.15) is 22.7 Å². The Bertz CT molecular complexity index is 4040. The summed E-state index contributed by atoms with van der Waals surface area (Å²) in [6.07, 6.45) is 0. The number of rotatable bonds is 14. The van der Waals surface area contributed by atoms with Crippen LogP contribution >= 0.6 is 23.2 Å². The van der Waals surface area contributed by atoms with Crippen LogP contribution in [0, 0.1) is 32.6 Å². The molecule has 0 fully saturated rings. The predicted octanol–water partition coefficient (Wildman–Crippen LogP) is 11.1. The van der Waals surface area contributed by atoms with Gasteiger partial charge in [0.05, 0.1) is 28.1 Å². The third kappa shape index (κ3) is 10.4. The van der Waals surface area contributed by atoms with Crippen LogP contribution in [0.1, 0.15) is 90.0 Å². The first-order valence-corrected chi connectivity index (χ1v) is 25.4. The topological polar surface area (TPSA) is 215 Å². The van der Waals surface area contributed by atoms with E-state index in [0.29, 0.717) is 56.1 Å². The summed E-state index contributed by atoms with van der Waals surface area (Å²) in [4.78, 5) is 70.7. The molecule has 0 radical (unpaired) electrons. The van der Waals surface area contributed by atoms with Gasteiger partial charge in [-0.3, -0.25) is 24.2 Å². The molecule has 5 aromatic rings. The second-order valence-electron chi connectivity index (χ2n) is 18.3. The van der Waals surface area contributed by atoms with Crippen molar-refractivity contribution in [3.63, 3.8) is 0 Å². The lowest BCUT2D eigenvalue weighted by Gasteiger charge is -2.22. The molecule has 16 heteroatoms. The highest BCUT2D eigenvalue weighted by Gasteiger charge is 2.28. The summed E-state index contributed by atoms with van der Waals surface area (Å²) in [5.74, 6) is 2.85. The van der Waals surface area contributed by atoms with E-state index < -0.39 is 34.9 Å². The Labute approximate surface area is 452 Å². The largest absolute Gasteiger partial charge is 0.872 e. The molecule has 5 N–H and O–H groups in total. The smallest absolute Gasteiger partial charge is 0.336 e. The Kier molecular flexibility index (Phi) is 15.2. The number of nitrogens with one attached hydrogen (secondary N) is 4. The minimum atomic E-state index is -1.28. The number of nitrogens with zero attached hydrogens (tertiary/aromatic N) is 1. The zero-order valence-corrected chi connectivity index (χ0v) is 44.3. The summed E-state index contributed by atoms with van der Waals surface area (Å²) in [5, 5.41) is 38.2. The van der Waals surface area contributed by atoms with Crippen molar-refractivity contribution in [2.24, 2.45) is 4.99 Å². The first kappa shape index (κ1) is 52.9. The van der Waals surface area contributed by atoms with Crippen molar-refractivity contribution in [1.82, 2.24) is 16.0 Å². The van der Waals surface area contributed by atoms with Gasteiger partial charge in [-0.1, -0.05) is 53.4 Å². The lowest BCUT2D eigenvalue weighted by molar-refractivity contribution is -0.269. The molecule has 2 heterocycles. The van der Waals surface area contributed by atoms with Crippen molar-refractivity contribution in [3.05, 3.63) is 179 Å². The third-order valence-corrected chi connectivity index (χ3v) is 14.1. The minimum Gasteiger partial charge on any atom is -0.872 e. The molecule has 2 aliphatic heterocycles. The van der Waals surface area contributed by atoms with Crippen molar-refractivity contribution in [2.45, 2.75) is 54.6 Å². The maximum atomic E-state index is 13.9. The summed E-state index contributed by atoms with van der Waals surface area (Å²) < 4.78 is 12.8. The summed E-state index contributed by atoms with van der Waals surface area (Å²) in [6, 6.07) is 27.0. The number of hydrogen-bond acceptors (Lipinski definition) is 10. The second-order valence-corrected chi connectivity index (χ2v) is 19.1. The van der Waals surface area contributed by atoms with Gasteiger partial charge in [0.25, 0.3) is 17.7 Å². The van der Waals surface area contributed by atoms with Crippen LogP contribution in [0.2, 0.25) is 10.0 Å². The number of benzene rings is 7. The Hall–Kier alpha value is -8.90. The van der Waals surface area contributed by atoms with E-state index >= 15 is 0 Å². The molecule has 388 valence electrons. The van der Waals surface area contributed by atoms with E-state index in [-0.39, 0.29) is 69.4 Å². The summed E-state index contributed by atoms with van der Waals surface area (Å²) in [7, 11) is 0. The molecule has 0 aromatic heterocycles. The first-order chi connectivity index (χ1) is 37.0. The quantitative estimate of drug-likeness (QED) is 0.0513. The van der Waals surface area contributed by atoms with E-state index in [2.05, 4.69) is 44.2 Å². The summed E-state index contributed by atoms with van der Waals surface area (Å²) >= 11 is 14.3. The Morgan fingerprint density at radius 3 is 2.14 bits per heavy atom. The van der Waals surface area contributed by atoms with Crippen LogP contribution in [0.5, 0.6) is 5.75 Å². The average Bonchev–Trinajstić information content (AvgIpc) is 3.43. The number of carboxylic acids is 1. The molecule has 0 bridgehead atoms. The van der Waals surface area contributed by atoms with Gasteiger partial charge in [0.2, 0.25) is 0 Å². The van der Waals surface area contributed by atoms with Gasteiger partial charge in [0.15, 0.2) is 5.43 Å². The maximum Gasteiger partial charge on any atom is 0.336 e. The zero-order valence-electron chi connectivity index (χ0n) is 42.8. The fourth-order valence-electron chi connectivity index (χ4n) is 9.55. The fraction of sp³-hybridized carbons (Fsp3) is 0.180. The lowest BCUT2D eigenvalue weighted by Crippen LogP contribution is -2.24. The van der Waals surface area contributed by atoms with Gasteiger partial charge in [-0.25, -0.2) is 4.79 Å². The average molecular weight is 1070 g/mol. The standard InChI is InChI=1S/C61H51Cl2N5O9/c1-7-10-21-66-59(72)36-15-17-38(61(74)75)41(24-36)54-39-18-16-37(69)25-50(39)77-57-40(54)19-20-49(70)45(57)30-68-58(71)35-13-11-34(12-14-35)29-67-60(73)44-26-46(62)53(33(6)56(44)63)55-42-22-31(4)47(64-8-2)27-51(42)76-52-28-48(65-9-3)32(5)23-43(52)55/h11-20,22-28,64,70H,8-9,21,29-30H2,1-6H3,(H,66,72)(H,67,73)(H,68,71)(H,74,75)/p-1. The van der Waals surface area contributed by atoms with Crippen LogP contribution in [0.4, 0.5) is 5.69 Å². The molecule has 5 aromatic carbocycles. The molecule has 0 spiro atoms. The van der Waals surface area contributed by atoms with E-state index in [1.54, 1.807) is 37.3 Å². The minimum absolute atomic E-state index is 0.00651. The van der Waals surface area contributed by atoms with Crippen LogP contribution in [-0.4, -0.2) is 48.4 Å². The predicted molar refractivity (Wildman–Crippen MR) is 298 cm³/mol. The van der Waals surface area contributed by atoms with E-state index in [1.165, 1.54) is 48.5 Å². The van der Waals surface area contributed by atoms with Crippen molar-refractivity contribution < 1.29 is 38.2 Å². The van der Waals surface area contributed by atoms with Gasteiger partial charge in [-0.05, 0) is 130 Å². The SMILES string of the molecule is CC#CCNC(=O)c1ccc(C(=O)O)c(-c2c3ccc(=O)cc-3oc3c(CNC(=O)c4ccc(CNC(=O)c5cc(Cl)c(-c6c7cc(C)c(=NCC)cc-7oc7cc(NCC)c(C)cc67)c(C)c5Cl)cc4)c([O-])ccc23)c1. The van der Waals surface area contributed by atoms with Crippen molar-refractivity contribution >= 4 is 74.5 Å². The van der Waals surface area contributed by atoms with E-state index in [1.807, 2.05) is 52.8 Å². The molecular formula is C61H50Cl2N5O9-. The summed E-state index contributed by atoms with van der Waals surface area (Å²) in [6.45, 7) is 12.7. The van der Waals surface area contributed by atoms with Crippen LogP contribution in [0.15, 0.2) is 122 Å². The van der Waals surface area contributed by atoms with E-state index in [9.17, 15) is 34.2 Å². The Morgan fingerprint density at radius 1 is 0.688 bits per heavy atom. The molecule has 9 rings (SSSR count). The summed E-state index contributed by atoms with van der Waals surface area (Å²) in [5.41, 5.74) is 7.93. The molecule has 0 saturated carbocycles. The monoisotopic (exact) mass is 1070 g/mol. The van der Waals surface area contributed by atoms with Gasteiger partial charge in [0, 0.05) is 110 Å². The highest BCUT2D eigenvalue weighted by molar-refractivity contribution is 6.39. The molecule has 77 heavy (non-hydrogen) atoms. The number of anilines is 1. The molecular weight excluding hydrogens is 1020 g/mol. The number of fused-ring (bicyclic) bond motifs is 4. The number of aryl methyl sites for hydroxylation is 2. The van der Waals surface area contributed by atoms with Gasteiger partial charge in [-0.2, -0.15) is 0 Å². The molecule has 3 amide bonds. The fourth-order valence-corrected chi connectivity index (χ4v) is 10.1. The number of carboxylic acid groups (broad SMARTS) is 1. The molecule has 4 aliphatic rings. The van der Waals surface area contributed by atoms with Crippen molar-refractivity contribution in [3.8, 4) is 62.5 Å². The molecule has 0 atom stereocenters. The van der Waals surface area contributed by atoms with E-state index in [0.717, 1.165) is 45.2 Å². The molecule has 14 nitrogen and oxygen atoms in total. The van der Waals surface area contributed by atoms with Gasteiger partial charge < -0.3 is 40.3 Å². The number of hydrogen-bond donors (Lipinski definition) is 5. The van der Waals surface area contributed by atoms with Gasteiger partial charge in [-0.15, -0.1) is 11.7 Å². The van der Waals surface area contributed by atoms with Gasteiger partial charge >= 0.3 is 5.97 Å². The van der Waals surface area contributed by atoms with Crippen LogP contribution < -0.4 is 37.2 Å². The van der Waals surface area contributed by atoms with E-state index in [4.69, 9.17) is 32.0 Å². The lowest BCUT2D eigenvalue weighted by atomic mass is 9.88.